The highest BCUT2D eigenvalue weighted by atomic mass is 16.6. The van der Waals surface area contributed by atoms with Gasteiger partial charge in [0.25, 0.3) is 0 Å². The van der Waals surface area contributed by atoms with Crippen LogP contribution in [-0.4, -0.2) is 25.5 Å². The second-order valence-electron chi connectivity index (χ2n) is 4.67. The molecule has 104 valence electrons. The second-order valence-corrected chi connectivity index (χ2v) is 4.67. The normalized spacial score (nSPS) is 10.6. The Kier molecular flexibility index (Phi) is 3.60. The zero-order chi connectivity index (χ0) is 14.9. The largest absolute Gasteiger partial charge is 0.490 e. The van der Waals surface area contributed by atoms with E-state index in [1.807, 2.05) is 32.9 Å². The SMILES string of the molecule is Cc1cc(C)c(C(=O)Cn2cnc([N+](=O)[O-])n2)cc1C. The van der Waals surface area contributed by atoms with E-state index in [2.05, 4.69) is 10.1 Å². The molecule has 0 spiro atoms. The van der Waals surface area contributed by atoms with Gasteiger partial charge in [-0.25, -0.2) is 0 Å². The number of hydrogen-bond donors (Lipinski definition) is 0. The molecule has 0 amide bonds. The smallest absolute Gasteiger partial charge is 0.390 e. The molecule has 0 aliphatic carbocycles. The third-order valence-corrected chi connectivity index (χ3v) is 3.13. The van der Waals surface area contributed by atoms with Gasteiger partial charge in [-0.2, -0.15) is 4.68 Å². The lowest BCUT2D eigenvalue weighted by Gasteiger charge is -2.08. The van der Waals surface area contributed by atoms with E-state index in [0.29, 0.717) is 5.56 Å². The van der Waals surface area contributed by atoms with Gasteiger partial charge in [-0.05, 0) is 48.5 Å². The molecule has 0 aliphatic rings. The number of rotatable bonds is 4. The number of Topliss-reactive ketones (excluding diaryl/α,β-unsaturated/α-hetero) is 1. The average molecular weight is 274 g/mol. The lowest BCUT2D eigenvalue weighted by molar-refractivity contribution is -0.394. The first-order valence-electron chi connectivity index (χ1n) is 6.03. The Hall–Kier alpha value is -2.57. The average Bonchev–Trinajstić information content (AvgIpc) is 2.82. The molecular formula is C13H14N4O3. The van der Waals surface area contributed by atoms with E-state index in [1.165, 1.54) is 11.0 Å². The van der Waals surface area contributed by atoms with Crippen LogP contribution in [0, 0.1) is 30.9 Å². The number of nitro groups is 1. The summed E-state index contributed by atoms with van der Waals surface area (Å²) in [5.41, 5.74) is 3.64. The van der Waals surface area contributed by atoms with Crippen LogP contribution in [0.4, 0.5) is 5.95 Å². The first-order valence-corrected chi connectivity index (χ1v) is 6.03. The first kappa shape index (κ1) is 13.9. The van der Waals surface area contributed by atoms with Crippen LogP contribution >= 0.6 is 0 Å². The summed E-state index contributed by atoms with van der Waals surface area (Å²) in [6.45, 7) is 5.72. The van der Waals surface area contributed by atoms with Gasteiger partial charge >= 0.3 is 5.95 Å². The molecule has 0 saturated heterocycles. The summed E-state index contributed by atoms with van der Waals surface area (Å²) >= 11 is 0. The predicted molar refractivity (Wildman–Crippen MR) is 71.7 cm³/mol. The van der Waals surface area contributed by atoms with Crippen LogP contribution in [0.25, 0.3) is 0 Å². The van der Waals surface area contributed by atoms with Gasteiger partial charge in [0.1, 0.15) is 6.54 Å². The monoisotopic (exact) mass is 274 g/mol. The predicted octanol–water partition coefficient (Wildman–Crippen LogP) is 1.99. The van der Waals surface area contributed by atoms with E-state index in [-0.39, 0.29) is 12.3 Å². The van der Waals surface area contributed by atoms with Gasteiger partial charge in [-0.1, -0.05) is 11.1 Å². The molecule has 1 aromatic carbocycles. The van der Waals surface area contributed by atoms with Gasteiger partial charge < -0.3 is 10.1 Å². The van der Waals surface area contributed by atoms with Crippen LogP contribution < -0.4 is 0 Å². The summed E-state index contributed by atoms with van der Waals surface area (Å²) in [6.07, 6.45) is 1.19. The molecule has 0 bridgehead atoms. The number of aryl methyl sites for hydroxylation is 3. The van der Waals surface area contributed by atoms with Crippen molar-refractivity contribution < 1.29 is 9.72 Å². The molecule has 0 aliphatic heterocycles. The minimum Gasteiger partial charge on any atom is -0.390 e. The van der Waals surface area contributed by atoms with Gasteiger partial charge in [-0.15, -0.1) is 0 Å². The molecule has 0 N–H and O–H groups in total. The number of benzene rings is 1. The number of nitrogens with zero attached hydrogens (tertiary/aromatic N) is 4. The molecule has 0 saturated carbocycles. The van der Waals surface area contributed by atoms with Gasteiger partial charge in [0, 0.05) is 10.7 Å². The van der Waals surface area contributed by atoms with Crippen molar-refractivity contribution in [2.24, 2.45) is 0 Å². The van der Waals surface area contributed by atoms with E-state index >= 15 is 0 Å². The molecule has 2 rings (SSSR count). The Morgan fingerprint density at radius 3 is 2.50 bits per heavy atom. The second kappa shape index (κ2) is 5.20. The quantitative estimate of drug-likeness (QED) is 0.483. The van der Waals surface area contributed by atoms with E-state index in [0.717, 1.165) is 16.7 Å². The molecule has 0 radical (unpaired) electrons. The molecule has 2 aromatic rings. The van der Waals surface area contributed by atoms with Crippen molar-refractivity contribution in [2.75, 3.05) is 0 Å². The van der Waals surface area contributed by atoms with E-state index in [1.54, 1.807) is 0 Å². The molecule has 7 heteroatoms. The first-order chi connectivity index (χ1) is 9.38. The highest BCUT2D eigenvalue weighted by Gasteiger charge is 2.17. The Labute approximate surface area is 115 Å². The van der Waals surface area contributed by atoms with Crippen LogP contribution in [0.3, 0.4) is 0 Å². The number of hydrogen-bond acceptors (Lipinski definition) is 5. The van der Waals surface area contributed by atoms with Gasteiger partial charge in [0.05, 0.1) is 0 Å². The lowest BCUT2D eigenvalue weighted by atomic mass is 9.98. The van der Waals surface area contributed by atoms with Crippen molar-refractivity contribution >= 4 is 11.7 Å². The topological polar surface area (TPSA) is 90.9 Å². The maximum Gasteiger partial charge on any atom is 0.490 e. The van der Waals surface area contributed by atoms with Crippen LogP contribution in [0.1, 0.15) is 27.0 Å². The van der Waals surface area contributed by atoms with E-state index in [9.17, 15) is 14.9 Å². The van der Waals surface area contributed by atoms with E-state index in [4.69, 9.17) is 0 Å². The van der Waals surface area contributed by atoms with Crippen LogP contribution in [0.5, 0.6) is 0 Å². The third-order valence-electron chi connectivity index (χ3n) is 3.13. The van der Waals surface area contributed by atoms with Crippen LogP contribution in [0.2, 0.25) is 0 Å². The summed E-state index contributed by atoms with van der Waals surface area (Å²) in [7, 11) is 0. The minimum absolute atomic E-state index is 0.0653. The van der Waals surface area contributed by atoms with Crippen molar-refractivity contribution in [3.8, 4) is 0 Å². The van der Waals surface area contributed by atoms with Crippen LogP contribution in [-0.2, 0) is 6.54 Å². The molecule has 1 aromatic heterocycles. The summed E-state index contributed by atoms with van der Waals surface area (Å²) in [4.78, 5) is 25.5. The van der Waals surface area contributed by atoms with Gasteiger partial charge in [-0.3, -0.25) is 4.79 Å². The van der Waals surface area contributed by atoms with Gasteiger partial charge in [0.2, 0.25) is 6.33 Å². The van der Waals surface area contributed by atoms with Gasteiger partial charge in [0.15, 0.2) is 5.78 Å². The number of ketones is 1. The maximum absolute atomic E-state index is 12.2. The maximum atomic E-state index is 12.2. The van der Waals surface area contributed by atoms with Crippen molar-refractivity contribution in [1.82, 2.24) is 14.8 Å². The molecule has 0 atom stereocenters. The summed E-state index contributed by atoms with van der Waals surface area (Å²) < 4.78 is 1.18. The van der Waals surface area contributed by atoms with Crippen molar-refractivity contribution in [3.63, 3.8) is 0 Å². The summed E-state index contributed by atoms with van der Waals surface area (Å²) in [6, 6.07) is 3.78. The number of aromatic nitrogens is 3. The molecule has 1 heterocycles. The van der Waals surface area contributed by atoms with Crippen molar-refractivity contribution in [2.45, 2.75) is 27.3 Å². The van der Waals surface area contributed by atoms with E-state index < -0.39 is 10.9 Å². The number of carbonyl (C=O) groups is 1. The zero-order valence-electron chi connectivity index (χ0n) is 11.5. The molecule has 0 fully saturated rings. The summed E-state index contributed by atoms with van der Waals surface area (Å²) in [5, 5.41) is 14.1. The zero-order valence-corrected chi connectivity index (χ0v) is 11.5. The standard InChI is InChI=1S/C13H14N4O3/c1-8-4-10(3)11(5-9(8)2)12(18)6-16-7-14-13(15-16)17(19)20/h4-5,7H,6H2,1-3H3. The highest BCUT2D eigenvalue weighted by Crippen LogP contribution is 2.16. The molecular weight excluding hydrogens is 260 g/mol. The lowest BCUT2D eigenvalue weighted by Crippen LogP contribution is -2.13. The Morgan fingerprint density at radius 1 is 1.25 bits per heavy atom. The Balaban J connectivity index is 2.23. The third kappa shape index (κ3) is 2.71. The molecule has 0 unspecified atom stereocenters. The van der Waals surface area contributed by atoms with Crippen LogP contribution in [0.15, 0.2) is 18.5 Å². The summed E-state index contributed by atoms with van der Waals surface area (Å²) in [5.74, 6) is -0.653. The molecule has 7 nitrogen and oxygen atoms in total. The highest BCUT2D eigenvalue weighted by molar-refractivity contribution is 5.97. The fraction of sp³-hybridized carbons (Fsp3) is 0.308. The molecule has 20 heavy (non-hydrogen) atoms. The fourth-order valence-electron chi connectivity index (χ4n) is 1.94. The fourth-order valence-corrected chi connectivity index (χ4v) is 1.94. The Bertz CT molecular complexity index is 691. The van der Waals surface area contributed by atoms with Crippen molar-refractivity contribution in [1.29, 1.82) is 0 Å². The minimum atomic E-state index is -0.692. The van der Waals surface area contributed by atoms with Crippen molar-refractivity contribution in [3.05, 3.63) is 50.8 Å². The Morgan fingerprint density at radius 2 is 1.90 bits per heavy atom. The number of carbonyl (C=O) groups excluding carboxylic acids is 1.